The summed E-state index contributed by atoms with van der Waals surface area (Å²) < 4.78 is 0.389. The first-order valence-electron chi connectivity index (χ1n) is 2.98. The summed E-state index contributed by atoms with van der Waals surface area (Å²) in [6, 6.07) is 8.46. The molecule has 0 unspecified atom stereocenters. The van der Waals surface area contributed by atoms with Gasteiger partial charge in [0, 0.05) is 0 Å². The summed E-state index contributed by atoms with van der Waals surface area (Å²) in [6.07, 6.45) is 0. The van der Waals surface area contributed by atoms with Crippen molar-refractivity contribution in [1.82, 2.24) is 0 Å². The van der Waals surface area contributed by atoms with Crippen molar-refractivity contribution >= 4 is 57.9 Å². The molecule has 0 aliphatic rings. The molecule has 1 aromatic rings. The van der Waals surface area contributed by atoms with E-state index in [1.165, 1.54) is 0 Å². The van der Waals surface area contributed by atoms with E-state index in [1.807, 2.05) is 0 Å². The molecule has 70 valence electrons. The summed E-state index contributed by atoms with van der Waals surface area (Å²) in [4.78, 5) is 0. The Kier molecular flexibility index (Phi) is 2.65. The Hall–Kier alpha value is 1.49. The molecule has 6 heteroatoms. The molecule has 0 atom stereocenters. The fourth-order valence-electron chi connectivity index (χ4n) is 0.710. The molecule has 0 saturated carbocycles. The molecule has 0 N–H and O–H groups in total. The zero-order valence-electron chi connectivity index (χ0n) is 5.72. The van der Waals surface area contributed by atoms with Gasteiger partial charge in [0.15, 0.2) is 0 Å². The standard InChI is InChI=1S/C6H5.5ClH.Sb/c1-2-4-6-5-3-1;;;;;;/h1-5H;5*1H;/q;;;;;;+4/p-5. The van der Waals surface area contributed by atoms with Crippen LogP contribution in [0.25, 0.3) is 0 Å². The summed E-state index contributed by atoms with van der Waals surface area (Å²) in [5.41, 5.74) is 0. The van der Waals surface area contributed by atoms with Crippen molar-refractivity contribution in [2.45, 2.75) is 0 Å². The average Bonchev–Trinajstić information content (AvgIpc) is 1.85. The summed E-state index contributed by atoms with van der Waals surface area (Å²) >= 11 is 0. The van der Waals surface area contributed by atoms with Crippen LogP contribution in [0.4, 0.5) is 0 Å². The summed E-state index contributed by atoms with van der Waals surface area (Å²) in [5, 5.41) is 0. The van der Waals surface area contributed by atoms with Crippen LogP contribution in [-0.2, 0) is 0 Å². The van der Waals surface area contributed by atoms with Crippen LogP contribution in [0.3, 0.4) is 0 Å². The van der Waals surface area contributed by atoms with Gasteiger partial charge in [-0.25, -0.2) is 0 Å². The first-order chi connectivity index (χ1) is 5.09. The molecule has 1 rings (SSSR count). The number of rotatable bonds is 1. The maximum atomic E-state index is 5.83. The quantitative estimate of drug-likeness (QED) is 0.652. The van der Waals surface area contributed by atoms with Crippen LogP contribution in [0.15, 0.2) is 30.3 Å². The molecule has 0 aromatic heterocycles. The van der Waals surface area contributed by atoms with Gasteiger partial charge in [-0.15, -0.1) is 0 Å². The van der Waals surface area contributed by atoms with Gasteiger partial charge in [0.25, 0.3) is 0 Å². The Morgan fingerprint density at radius 2 is 1.17 bits per heavy atom. The summed E-state index contributed by atoms with van der Waals surface area (Å²) in [6.45, 7) is 0. The minimum absolute atomic E-state index is 0.389. The Morgan fingerprint density at radius 1 is 0.750 bits per heavy atom. The van der Waals surface area contributed by atoms with Crippen LogP contribution >= 0.6 is 44.1 Å². The van der Waals surface area contributed by atoms with E-state index in [4.69, 9.17) is 44.1 Å². The van der Waals surface area contributed by atoms with Gasteiger partial charge in [0.1, 0.15) is 0 Å². The van der Waals surface area contributed by atoms with Crippen LogP contribution in [-0.4, -0.2) is 10.3 Å². The van der Waals surface area contributed by atoms with Gasteiger partial charge in [-0.1, -0.05) is 0 Å². The normalized spacial score (nSPS) is 18.1. The molecule has 0 radical (unpaired) electrons. The molecule has 0 fully saturated rings. The van der Waals surface area contributed by atoms with E-state index in [0.29, 0.717) is 3.51 Å². The van der Waals surface area contributed by atoms with Gasteiger partial charge in [0.2, 0.25) is 0 Å². The van der Waals surface area contributed by atoms with Gasteiger partial charge in [-0.2, -0.15) is 0 Å². The second kappa shape index (κ2) is 2.75. The second-order valence-corrected chi connectivity index (χ2v) is 49.9. The number of hydrogen-bond acceptors (Lipinski definition) is 0. The zero-order valence-corrected chi connectivity index (χ0v) is 12.1. The number of halogens is 5. The van der Waals surface area contributed by atoms with Crippen LogP contribution in [0.2, 0.25) is 0 Å². The molecule has 0 bridgehead atoms. The molecule has 0 aliphatic heterocycles. The van der Waals surface area contributed by atoms with Crippen LogP contribution in [0.1, 0.15) is 0 Å². The van der Waals surface area contributed by atoms with Gasteiger partial charge in [-0.05, 0) is 0 Å². The maximum absolute atomic E-state index is 5.83. The van der Waals surface area contributed by atoms with Gasteiger partial charge < -0.3 is 0 Å². The predicted molar refractivity (Wildman–Crippen MR) is 61.1 cm³/mol. The van der Waals surface area contributed by atoms with Crippen LogP contribution in [0, 0.1) is 0 Å². The number of hydrogen-bond donors (Lipinski definition) is 0. The third kappa shape index (κ3) is 3.33. The van der Waals surface area contributed by atoms with Crippen molar-refractivity contribution < 1.29 is 0 Å². The van der Waals surface area contributed by atoms with Gasteiger partial charge >= 0.3 is 88.3 Å². The summed E-state index contributed by atoms with van der Waals surface area (Å²) in [5.74, 6) is 0. The zero-order chi connectivity index (χ0) is 9.52. The first kappa shape index (κ1) is 11.6. The van der Waals surface area contributed by atoms with E-state index in [2.05, 4.69) is 0 Å². The SMILES string of the molecule is [Cl][Sb-]([Cl])([Cl])([Cl])([Cl])[c]1ccccc1. The van der Waals surface area contributed by atoms with Crippen molar-refractivity contribution in [2.75, 3.05) is 0 Å². The Bertz CT molecular complexity index is 285. The molecule has 12 heavy (non-hydrogen) atoms. The average molecular weight is 376 g/mol. The van der Waals surface area contributed by atoms with Crippen LogP contribution < -0.4 is 3.51 Å². The fraction of sp³-hybridized carbons (Fsp3) is 0. The van der Waals surface area contributed by atoms with Crippen LogP contribution in [0.5, 0.6) is 0 Å². The molecular formula is C6H5Cl5Sb-. The Balaban J connectivity index is 3.36. The van der Waals surface area contributed by atoms with Crippen molar-refractivity contribution in [2.24, 2.45) is 0 Å². The Morgan fingerprint density at radius 3 is 1.42 bits per heavy atom. The Labute approximate surface area is 87.2 Å². The van der Waals surface area contributed by atoms with E-state index in [1.54, 1.807) is 30.3 Å². The van der Waals surface area contributed by atoms with Gasteiger partial charge in [0.05, 0.1) is 0 Å². The molecule has 0 saturated heterocycles. The van der Waals surface area contributed by atoms with E-state index < -0.39 is 10.3 Å². The van der Waals surface area contributed by atoms with E-state index >= 15 is 0 Å². The molecular weight excluding hydrogens is 371 g/mol. The number of benzene rings is 1. The minimum atomic E-state index is -5.46. The van der Waals surface area contributed by atoms with Crippen molar-refractivity contribution in [3.8, 4) is 0 Å². The molecule has 0 spiro atoms. The molecule has 1 aromatic carbocycles. The monoisotopic (exact) mass is 373 g/mol. The van der Waals surface area contributed by atoms with Gasteiger partial charge in [-0.3, -0.25) is 0 Å². The first-order valence-corrected chi connectivity index (χ1v) is 20.4. The van der Waals surface area contributed by atoms with E-state index in [9.17, 15) is 0 Å². The summed E-state index contributed by atoms with van der Waals surface area (Å²) in [7, 11) is 23.7. The third-order valence-corrected chi connectivity index (χ3v) is 11.4. The topological polar surface area (TPSA) is 0 Å². The second-order valence-electron chi connectivity index (χ2n) is 2.40. The molecule has 0 nitrogen and oxygen atoms in total. The molecule has 0 heterocycles. The van der Waals surface area contributed by atoms with Crippen molar-refractivity contribution in [3.05, 3.63) is 30.3 Å². The predicted octanol–water partition coefficient (Wildman–Crippen LogP) is 3.93. The van der Waals surface area contributed by atoms with Crippen molar-refractivity contribution in [1.29, 1.82) is 0 Å². The van der Waals surface area contributed by atoms with E-state index in [-0.39, 0.29) is 0 Å². The van der Waals surface area contributed by atoms with Crippen molar-refractivity contribution in [3.63, 3.8) is 0 Å². The fourth-order valence-corrected chi connectivity index (χ4v) is 6.59. The third-order valence-electron chi connectivity index (χ3n) is 1.24. The van der Waals surface area contributed by atoms with E-state index in [0.717, 1.165) is 0 Å². The molecule has 0 aliphatic carbocycles. The molecule has 0 amide bonds.